The van der Waals surface area contributed by atoms with Gasteiger partial charge in [0.1, 0.15) is 6.61 Å². The molecule has 2 heteroatoms. The van der Waals surface area contributed by atoms with Crippen LogP contribution in [0.4, 0.5) is 0 Å². The number of carbonyl (C=O) groups excluding carboxylic acids is 1. The van der Waals surface area contributed by atoms with E-state index in [-0.39, 0.29) is 6.61 Å². The van der Waals surface area contributed by atoms with E-state index in [0.29, 0.717) is 0 Å². The molecule has 0 aliphatic rings. The van der Waals surface area contributed by atoms with Gasteiger partial charge in [-0.15, -0.1) is 0 Å². The fourth-order valence-electron chi connectivity index (χ4n) is 1.53. The van der Waals surface area contributed by atoms with Gasteiger partial charge < -0.3 is 4.74 Å². The topological polar surface area (TPSA) is 26.3 Å². The molecule has 0 unspecified atom stereocenters. The number of benzene rings is 2. The third-order valence-corrected chi connectivity index (χ3v) is 2.17. The summed E-state index contributed by atoms with van der Waals surface area (Å²) in [6.45, 7) is 1.71. The van der Waals surface area contributed by atoms with Crippen molar-refractivity contribution in [2.75, 3.05) is 0 Å². The van der Waals surface area contributed by atoms with Gasteiger partial charge in [0, 0.05) is 0 Å². The molecule has 0 aliphatic heterocycles. The van der Waals surface area contributed by atoms with E-state index in [1.54, 1.807) is 0 Å². The summed E-state index contributed by atoms with van der Waals surface area (Å²) in [5.74, 6) is 0. The Hall–Kier alpha value is -1.83. The Morgan fingerprint density at radius 2 is 1.86 bits per heavy atom. The normalized spacial score (nSPS) is 10.0. The quantitative estimate of drug-likeness (QED) is 0.734. The zero-order valence-electron chi connectivity index (χ0n) is 7.57. The largest absolute Gasteiger partial charge is 0.452 e. The molecule has 0 aliphatic carbocycles. The van der Waals surface area contributed by atoms with Crippen molar-refractivity contribution >= 4 is 17.2 Å². The Morgan fingerprint density at radius 3 is 2.71 bits per heavy atom. The van der Waals surface area contributed by atoms with E-state index in [1.807, 2.05) is 42.5 Å². The predicted molar refractivity (Wildman–Crippen MR) is 54.4 cm³/mol. The van der Waals surface area contributed by atoms with Crippen molar-refractivity contribution in [1.82, 2.24) is 0 Å². The molecule has 0 saturated heterocycles. The van der Waals surface area contributed by atoms with Gasteiger partial charge in [-0.05, 0) is 16.3 Å². The highest BCUT2D eigenvalue weighted by molar-refractivity contribution is 5.85. The number of hydrogen-bond donors (Lipinski definition) is 0. The van der Waals surface area contributed by atoms with E-state index in [4.69, 9.17) is 0 Å². The van der Waals surface area contributed by atoms with Crippen molar-refractivity contribution in [3.8, 4) is 0 Å². The van der Waals surface area contributed by atoms with Gasteiger partial charge >= 0.3 is 6.47 Å². The molecule has 0 heterocycles. The van der Waals surface area contributed by atoms with Crippen LogP contribution in [0, 0.1) is 0 Å². The van der Waals surface area contributed by atoms with Crippen LogP contribution in [0.5, 0.6) is 0 Å². The van der Waals surface area contributed by atoms with Gasteiger partial charge in [0.2, 0.25) is 0 Å². The Kier molecular flexibility index (Phi) is 2.45. The average molecular weight is 185 g/mol. The van der Waals surface area contributed by atoms with E-state index < -0.39 is 0 Å². The first-order valence-electron chi connectivity index (χ1n) is 4.37. The minimum absolute atomic E-state index is 0.283. The van der Waals surface area contributed by atoms with Gasteiger partial charge in [0.15, 0.2) is 0 Å². The molecular weight excluding hydrogens is 176 g/mol. The van der Waals surface area contributed by atoms with E-state index in [2.05, 4.69) is 4.74 Å². The Morgan fingerprint density at radius 1 is 1.07 bits per heavy atom. The molecule has 2 aromatic carbocycles. The van der Waals surface area contributed by atoms with Gasteiger partial charge in [0.25, 0.3) is 0 Å². The Labute approximate surface area is 82.1 Å². The molecule has 1 radical (unpaired) electrons. The second kappa shape index (κ2) is 3.92. The lowest BCUT2D eigenvalue weighted by molar-refractivity contribution is 0.268. The summed E-state index contributed by atoms with van der Waals surface area (Å²) in [5.41, 5.74) is 1.01. The molecule has 0 fully saturated rings. The maximum Gasteiger partial charge on any atom is 0.417 e. The number of hydrogen-bond acceptors (Lipinski definition) is 2. The fourth-order valence-corrected chi connectivity index (χ4v) is 1.53. The van der Waals surface area contributed by atoms with Crippen molar-refractivity contribution in [2.24, 2.45) is 0 Å². The summed E-state index contributed by atoms with van der Waals surface area (Å²) >= 11 is 0. The minimum Gasteiger partial charge on any atom is -0.452 e. The highest BCUT2D eigenvalue weighted by Crippen LogP contribution is 2.18. The third-order valence-electron chi connectivity index (χ3n) is 2.17. The van der Waals surface area contributed by atoms with Crippen molar-refractivity contribution in [1.29, 1.82) is 0 Å². The monoisotopic (exact) mass is 185 g/mol. The first kappa shape index (κ1) is 8.75. The lowest BCUT2D eigenvalue weighted by atomic mass is 10.1. The second-order valence-electron chi connectivity index (χ2n) is 3.01. The van der Waals surface area contributed by atoms with Gasteiger partial charge in [0.05, 0.1) is 0 Å². The average Bonchev–Trinajstić information content (AvgIpc) is 2.26. The molecule has 0 N–H and O–H groups in total. The highest BCUT2D eigenvalue weighted by Gasteiger charge is 1.99. The predicted octanol–water partition coefficient (Wildman–Crippen LogP) is 2.42. The molecule has 2 rings (SSSR count). The SMILES string of the molecule is O=[C]OCc1cccc2ccccc12. The van der Waals surface area contributed by atoms with E-state index in [1.165, 1.54) is 6.47 Å². The van der Waals surface area contributed by atoms with Crippen LogP contribution in [0.1, 0.15) is 5.56 Å². The van der Waals surface area contributed by atoms with Crippen LogP contribution in [0.2, 0.25) is 0 Å². The van der Waals surface area contributed by atoms with Crippen molar-refractivity contribution in [3.05, 3.63) is 48.0 Å². The molecule has 2 nitrogen and oxygen atoms in total. The lowest BCUT2D eigenvalue weighted by Gasteiger charge is -2.03. The highest BCUT2D eigenvalue weighted by atomic mass is 16.5. The molecule has 69 valence electrons. The smallest absolute Gasteiger partial charge is 0.417 e. The number of fused-ring (bicyclic) bond motifs is 1. The summed E-state index contributed by atoms with van der Waals surface area (Å²) in [6.07, 6.45) is 0. The first-order valence-corrected chi connectivity index (χ1v) is 4.37. The Balaban J connectivity index is 2.48. The maximum absolute atomic E-state index is 9.97. The van der Waals surface area contributed by atoms with Crippen LogP contribution < -0.4 is 0 Å². The molecular formula is C12H9O2. The summed E-state index contributed by atoms with van der Waals surface area (Å²) in [4.78, 5) is 9.97. The minimum atomic E-state index is 0.283. The van der Waals surface area contributed by atoms with E-state index >= 15 is 0 Å². The molecule has 0 bridgehead atoms. The molecule has 14 heavy (non-hydrogen) atoms. The third kappa shape index (κ3) is 1.59. The van der Waals surface area contributed by atoms with E-state index in [0.717, 1.165) is 16.3 Å². The van der Waals surface area contributed by atoms with Crippen molar-refractivity contribution in [2.45, 2.75) is 6.61 Å². The molecule has 0 saturated carbocycles. The number of rotatable bonds is 3. The molecule has 0 aromatic heterocycles. The summed E-state index contributed by atoms with van der Waals surface area (Å²) < 4.78 is 4.62. The van der Waals surface area contributed by atoms with Gasteiger partial charge in [-0.3, -0.25) is 0 Å². The Bertz CT molecular complexity index is 444. The first-order chi connectivity index (χ1) is 6.92. The van der Waals surface area contributed by atoms with Gasteiger partial charge in [-0.2, -0.15) is 0 Å². The van der Waals surface area contributed by atoms with Crippen LogP contribution in [-0.2, 0) is 16.1 Å². The van der Waals surface area contributed by atoms with Crippen LogP contribution in [0.25, 0.3) is 10.8 Å². The molecule has 0 amide bonds. The van der Waals surface area contributed by atoms with Crippen LogP contribution >= 0.6 is 0 Å². The fraction of sp³-hybridized carbons (Fsp3) is 0.0833. The standard InChI is InChI=1S/C12H9O2/c13-9-14-8-11-6-3-5-10-4-1-2-7-12(10)11/h1-7H,8H2. The zero-order chi connectivity index (χ0) is 9.80. The van der Waals surface area contributed by atoms with Gasteiger partial charge in [-0.25, -0.2) is 4.79 Å². The molecule has 0 atom stereocenters. The lowest BCUT2D eigenvalue weighted by Crippen LogP contribution is -1.90. The van der Waals surface area contributed by atoms with Crippen LogP contribution in [-0.4, -0.2) is 6.47 Å². The zero-order valence-corrected chi connectivity index (χ0v) is 7.57. The molecule has 0 spiro atoms. The summed E-state index contributed by atoms with van der Waals surface area (Å²) in [7, 11) is 0. The van der Waals surface area contributed by atoms with Crippen LogP contribution in [0.15, 0.2) is 42.5 Å². The van der Waals surface area contributed by atoms with Crippen molar-refractivity contribution in [3.63, 3.8) is 0 Å². The number of ether oxygens (including phenoxy) is 1. The second-order valence-corrected chi connectivity index (χ2v) is 3.01. The van der Waals surface area contributed by atoms with Crippen molar-refractivity contribution < 1.29 is 9.53 Å². The maximum atomic E-state index is 9.97. The summed E-state index contributed by atoms with van der Waals surface area (Å²) in [5, 5.41) is 2.27. The van der Waals surface area contributed by atoms with E-state index in [9.17, 15) is 4.79 Å². The summed E-state index contributed by atoms with van der Waals surface area (Å²) in [6, 6.07) is 13.9. The van der Waals surface area contributed by atoms with Gasteiger partial charge in [-0.1, -0.05) is 42.5 Å². The van der Waals surface area contributed by atoms with Crippen LogP contribution in [0.3, 0.4) is 0 Å². The molecule has 2 aromatic rings.